The molecule has 1 amide bonds. The molecule has 4 nitrogen and oxygen atoms in total. The highest BCUT2D eigenvalue weighted by Crippen LogP contribution is 2.33. The van der Waals surface area contributed by atoms with Crippen molar-refractivity contribution in [1.29, 1.82) is 0 Å². The van der Waals surface area contributed by atoms with Gasteiger partial charge in [-0.25, -0.2) is 8.78 Å². The zero-order valence-corrected chi connectivity index (χ0v) is 13.2. The fourth-order valence-corrected chi connectivity index (χ4v) is 2.68. The van der Waals surface area contributed by atoms with E-state index in [1.165, 1.54) is 12.0 Å². The van der Waals surface area contributed by atoms with E-state index in [-0.39, 0.29) is 6.04 Å². The first-order chi connectivity index (χ1) is 11.3. The third-order valence-electron chi connectivity index (χ3n) is 3.89. The smallest absolute Gasteiger partial charge is 0.330 e. The lowest BCUT2D eigenvalue weighted by Gasteiger charge is -2.25. The highest BCUT2D eigenvalue weighted by atomic mass is 19.3. The quantitative estimate of drug-likeness (QED) is 0.709. The molecule has 1 heterocycles. The van der Waals surface area contributed by atoms with Gasteiger partial charge < -0.3 is 14.4 Å². The Morgan fingerprint density at radius 3 is 2.83 bits per heavy atom. The minimum atomic E-state index is -4.25. The molecule has 134 valence electrons. The molecule has 0 unspecified atom stereocenters. The Labute approximate surface area is 137 Å². The predicted octanol–water partition coefficient (Wildman–Crippen LogP) is 3.28. The van der Waals surface area contributed by atoms with Crippen LogP contribution in [0.1, 0.15) is 24.4 Å². The molecule has 8 heteroatoms. The van der Waals surface area contributed by atoms with Crippen LogP contribution in [0.2, 0.25) is 0 Å². The molecule has 2 rings (SSSR count). The Balaban J connectivity index is 1.96. The number of likely N-dealkylation sites (tertiary alicyclic amines) is 1. The summed E-state index contributed by atoms with van der Waals surface area (Å²) in [7, 11) is 1.54. The number of alkyl halides is 4. The third kappa shape index (κ3) is 4.37. The summed E-state index contributed by atoms with van der Waals surface area (Å²) >= 11 is 0. The molecule has 0 saturated carbocycles. The van der Waals surface area contributed by atoms with Gasteiger partial charge in [-0.3, -0.25) is 4.79 Å². The molecule has 0 radical (unpaired) electrons. The van der Waals surface area contributed by atoms with E-state index < -0.39 is 31.5 Å². The fourth-order valence-electron chi connectivity index (χ4n) is 2.68. The minimum Gasteiger partial charge on any atom is -0.497 e. The van der Waals surface area contributed by atoms with Gasteiger partial charge in [0, 0.05) is 6.54 Å². The zero-order valence-electron chi connectivity index (χ0n) is 13.2. The first kappa shape index (κ1) is 18.5. The number of halogens is 4. The number of methoxy groups -OCH3 is 1. The molecule has 1 aromatic carbocycles. The van der Waals surface area contributed by atoms with Crippen LogP contribution in [0, 0.1) is 0 Å². The number of nitrogens with zero attached hydrogens (tertiary/aromatic N) is 1. The van der Waals surface area contributed by atoms with Gasteiger partial charge in [-0.1, -0.05) is 12.1 Å². The molecule has 0 aliphatic carbocycles. The molecule has 1 aliphatic heterocycles. The van der Waals surface area contributed by atoms with Crippen molar-refractivity contribution in [1.82, 2.24) is 4.90 Å². The number of benzene rings is 1. The third-order valence-corrected chi connectivity index (χ3v) is 3.89. The lowest BCUT2D eigenvalue weighted by atomic mass is 10.0. The van der Waals surface area contributed by atoms with Crippen molar-refractivity contribution in [3.8, 4) is 5.75 Å². The van der Waals surface area contributed by atoms with E-state index in [2.05, 4.69) is 4.74 Å². The number of carbonyl (C=O) groups is 1. The van der Waals surface area contributed by atoms with Crippen LogP contribution in [0.3, 0.4) is 0 Å². The van der Waals surface area contributed by atoms with E-state index in [0.29, 0.717) is 12.3 Å². The summed E-state index contributed by atoms with van der Waals surface area (Å²) in [6.45, 7) is -1.66. The predicted molar refractivity (Wildman–Crippen MR) is 78.5 cm³/mol. The molecule has 1 atom stereocenters. The van der Waals surface area contributed by atoms with Crippen molar-refractivity contribution in [2.24, 2.45) is 0 Å². The summed E-state index contributed by atoms with van der Waals surface area (Å²) in [6.07, 6.45) is -2.32. The molecule has 0 bridgehead atoms. The van der Waals surface area contributed by atoms with Crippen LogP contribution in [0.5, 0.6) is 5.75 Å². The zero-order chi connectivity index (χ0) is 17.7. The van der Waals surface area contributed by atoms with Gasteiger partial charge in [-0.2, -0.15) is 8.78 Å². The monoisotopic (exact) mass is 349 g/mol. The Kier molecular flexibility index (Phi) is 6.04. The second-order valence-corrected chi connectivity index (χ2v) is 5.58. The normalized spacial score (nSPS) is 18.2. The molecule has 1 aliphatic rings. The SMILES string of the molecule is COc1cccc([C@H]2CCCN2C(=O)COCC(F)(F)C(F)F)c1. The first-order valence-electron chi connectivity index (χ1n) is 7.52. The van der Waals surface area contributed by atoms with Gasteiger partial charge in [0.1, 0.15) is 19.0 Å². The van der Waals surface area contributed by atoms with Crippen molar-refractivity contribution in [3.63, 3.8) is 0 Å². The van der Waals surface area contributed by atoms with E-state index >= 15 is 0 Å². The topological polar surface area (TPSA) is 38.8 Å². The van der Waals surface area contributed by atoms with Crippen LogP contribution in [0.15, 0.2) is 24.3 Å². The molecule has 0 N–H and O–H groups in total. The fraction of sp³-hybridized carbons (Fsp3) is 0.562. The molecular formula is C16H19F4NO3. The second-order valence-electron chi connectivity index (χ2n) is 5.58. The van der Waals surface area contributed by atoms with Crippen LogP contribution in [0.25, 0.3) is 0 Å². The van der Waals surface area contributed by atoms with Crippen LogP contribution >= 0.6 is 0 Å². The molecule has 24 heavy (non-hydrogen) atoms. The summed E-state index contributed by atoms with van der Waals surface area (Å²) in [5.74, 6) is -4.10. The molecule has 1 saturated heterocycles. The van der Waals surface area contributed by atoms with Gasteiger partial charge >= 0.3 is 12.3 Å². The average Bonchev–Trinajstić information content (AvgIpc) is 3.04. The average molecular weight is 349 g/mol. The van der Waals surface area contributed by atoms with Gasteiger partial charge in [-0.15, -0.1) is 0 Å². The number of rotatable bonds is 7. The summed E-state index contributed by atoms with van der Waals surface area (Å²) in [4.78, 5) is 13.7. The molecule has 0 spiro atoms. The number of carbonyl (C=O) groups excluding carboxylic acids is 1. The van der Waals surface area contributed by atoms with Gasteiger partial charge in [-0.05, 0) is 30.5 Å². The number of amides is 1. The Morgan fingerprint density at radius 1 is 1.42 bits per heavy atom. The maximum absolute atomic E-state index is 12.8. The number of hydrogen-bond donors (Lipinski definition) is 0. The summed E-state index contributed by atoms with van der Waals surface area (Å²) in [5.41, 5.74) is 0.873. The Hall–Kier alpha value is -1.83. The van der Waals surface area contributed by atoms with Crippen LogP contribution in [0.4, 0.5) is 17.6 Å². The standard InChI is InChI=1S/C16H19F4NO3/c1-23-12-5-2-4-11(8-12)13-6-3-7-21(13)14(22)9-24-10-16(19,20)15(17)18/h2,4-5,8,13,15H,3,6-7,9-10H2,1H3/t13-/m1/s1. The van der Waals surface area contributed by atoms with E-state index in [4.69, 9.17) is 4.74 Å². The molecule has 1 fully saturated rings. The molecule has 1 aromatic rings. The van der Waals surface area contributed by atoms with Crippen molar-refractivity contribution in [3.05, 3.63) is 29.8 Å². The Morgan fingerprint density at radius 2 is 2.17 bits per heavy atom. The van der Waals surface area contributed by atoms with E-state index in [0.717, 1.165) is 18.4 Å². The van der Waals surface area contributed by atoms with Crippen molar-refractivity contribution in [2.45, 2.75) is 31.2 Å². The Bertz CT molecular complexity index is 568. The van der Waals surface area contributed by atoms with E-state index in [1.807, 2.05) is 12.1 Å². The van der Waals surface area contributed by atoms with Gasteiger partial charge in [0.2, 0.25) is 5.91 Å². The summed E-state index contributed by atoms with van der Waals surface area (Å²) in [5, 5.41) is 0. The summed E-state index contributed by atoms with van der Waals surface area (Å²) in [6, 6.07) is 7.04. The maximum atomic E-state index is 12.8. The van der Waals surface area contributed by atoms with E-state index in [9.17, 15) is 22.4 Å². The molecular weight excluding hydrogens is 330 g/mol. The van der Waals surface area contributed by atoms with Gasteiger partial charge in [0.05, 0.1) is 13.2 Å². The van der Waals surface area contributed by atoms with Crippen molar-refractivity contribution in [2.75, 3.05) is 26.9 Å². The maximum Gasteiger partial charge on any atom is 0.330 e. The highest BCUT2D eigenvalue weighted by Gasteiger charge is 2.41. The van der Waals surface area contributed by atoms with Crippen LogP contribution < -0.4 is 4.74 Å². The van der Waals surface area contributed by atoms with Crippen molar-refractivity contribution >= 4 is 5.91 Å². The van der Waals surface area contributed by atoms with Crippen LogP contribution in [-0.4, -0.2) is 50.0 Å². The van der Waals surface area contributed by atoms with Gasteiger partial charge in [0.25, 0.3) is 0 Å². The molecule has 0 aromatic heterocycles. The lowest BCUT2D eigenvalue weighted by Crippen LogP contribution is -2.37. The number of hydrogen-bond acceptors (Lipinski definition) is 3. The van der Waals surface area contributed by atoms with E-state index in [1.54, 1.807) is 12.1 Å². The lowest BCUT2D eigenvalue weighted by molar-refractivity contribution is -0.171. The summed E-state index contributed by atoms with van der Waals surface area (Å²) < 4.78 is 59.4. The second kappa shape index (κ2) is 7.83. The largest absolute Gasteiger partial charge is 0.497 e. The first-order valence-corrected chi connectivity index (χ1v) is 7.52. The number of ether oxygens (including phenoxy) is 2. The van der Waals surface area contributed by atoms with Gasteiger partial charge in [0.15, 0.2) is 0 Å². The minimum absolute atomic E-state index is 0.202. The van der Waals surface area contributed by atoms with Crippen molar-refractivity contribution < 1.29 is 31.8 Å². The van der Waals surface area contributed by atoms with Crippen LogP contribution in [-0.2, 0) is 9.53 Å². The highest BCUT2D eigenvalue weighted by molar-refractivity contribution is 5.78.